The monoisotopic (exact) mass is 250 g/mol. The van der Waals surface area contributed by atoms with E-state index in [1.807, 2.05) is 25.3 Å². The van der Waals surface area contributed by atoms with Gasteiger partial charge < -0.3 is 9.40 Å². The van der Waals surface area contributed by atoms with Crippen molar-refractivity contribution in [3.8, 4) is 0 Å². The van der Waals surface area contributed by atoms with Gasteiger partial charge in [-0.3, -0.25) is 0 Å². The highest BCUT2D eigenvalue weighted by molar-refractivity contribution is 9.10. The molecule has 4 heteroatoms. The molecule has 3 nitrogen and oxygen atoms in total. The molecular weight excluding hydrogens is 244 g/mol. The summed E-state index contributed by atoms with van der Waals surface area (Å²) in [5.74, 6) is 0.695. The number of rotatable bonds is 0. The summed E-state index contributed by atoms with van der Waals surface area (Å²) in [6.45, 7) is 1.85. The van der Waals surface area contributed by atoms with Crippen molar-refractivity contribution >= 4 is 37.9 Å². The Labute approximate surface area is 88.3 Å². The van der Waals surface area contributed by atoms with Crippen LogP contribution in [0.4, 0.5) is 0 Å². The number of aromatic amines is 1. The van der Waals surface area contributed by atoms with Crippen LogP contribution in [0.2, 0.25) is 0 Å². The van der Waals surface area contributed by atoms with Crippen molar-refractivity contribution in [2.45, 2.75) is 6.92 Å². The zero-order chi connectivity index (χ0) is 9.71. The van der Waals surface area contributed by atoms with Gasteiger partial charge in [-0.15, -0.1) is 0 Å². The number of aryl methyl sites for hydroxylation is 1. The second kappa shape index (κ2) is 2.60. The topological polar surface area (TPSA) is 41.8 Å². The van der Waals surface area contributed by atoms with E-state index in [9.17, 15) is 0 Å². The van der Waals surface area contributed by atoms with Crippen molar-refractivity contribution in [3.05, 3.63) is 28.7 Å². The van der Waals surface area contributed by atoms with Crippen molar-refractivity contribution < 1.29 is 4.42 Å². The summed E-state index contributed by atoms with van der Waals surface area (Å²) in [6.07, 6.45) is 1.91. The number of benzene rings is 1. The van der Waals surface area contributed by atoms with Gasteiger partial charge in [0.05, 0.1) is 0 Å². The molecule has 0 atom stereocenters. The van der Waals surface area contributed by atoms with Gasteiger partial charge in [-0.1, -0.05) is 0 Å². The first-order chi connectivity index (χ1) is 6.75. The molecule has 70 valence electrons. The number of fused-ring (bicyclic) bond motifs is 3. The first kappa shape index (κ1) is 8.05. The molecule has 0 aliphatic heterocycles. The van der Waals surface area contributed by atoms with Crippen LogP contribution in [0.15, 0.2) is 27.2 Å². The fourth-order valence-electron chi connectivity index (χ4n) is 1.68. The van der Waals surface area contributed by atoms with Crippen LogP contribution in [0.25, 0.3) is 22.0 Å². The average molecular weight is 251 g/mol. The maximum absolute atomic E-state index is 5.45. The Kier molecular flexibility index (Phi) is 1.50. The van der Waals surface area contributed by atoms with Crippen molar-refractivity contribution in [1.82, 2.24) is 9.97 Å². The molecule has 2 aromatic heterocycles. The van der Waals surface area contributed by atoms with Gasteiger partial charge in [-0.05, 0) is 28.1 Å². The Hall–Kier alpha value is -1.29. The smallest absolute Gasteiger partial charge is 0.192 e. The number of H-pyrrole nitrogens is 1. The minimum Gasteiger partial charge on any atom is -0.441 e. The second-order valence-corrected chi connectivity index (χ2v) is 4.06. The van der Waals surface area contributed by atoms with Crippen LogP contribution in [0.3, 0.4) is 0 Å². The van der Waals surface area contributed by atoms with E-state index in [-0.39, 0.29) is 0 Å². The van der Waals surface area contributed by atoms with E-state index in [4.69, 9.17) is 4.42 Å². The summed E-state index contributed by atoms with van der Waals surface area (Å²) < 4.78 is 6.47. The summed E-state index contributed by atoms with van der Waals surface area (Å²) in [4.78, 5) is 7.52. The van der Waals surface area contributed by atoms with E-state index in [1.54, 1.807) is 0 Å². The van der Waals surface area contributed by atoms with Crippen molar-refractivity contribution in [2.75, 3.05) is 0 Å². The summed E-state index contributed by atoms with van der Waals surface area (Å²) in [5, 5.41) is 1.08. The fourth-order valence-corrected chi connectivity index (χ4v) is 2.20. The average Bonchev–Trinajstić information content (AvgIpc) is 2.68. The van der Waals surface area contributed by atoms with E-state index in [1.165, 1.54) is 0 Å². The van der Waals surface area contributed by atoms with Crippen LogP contribution < -0.4 is 0 Å². The predicted molar refractivity (Wildman–Crippen MR) is 58.3 cm³/mol. The second-order valence-electron chi connectivity index (χ2n) is 3.20. The molecule has 0 aliphatic rings. The minimum atomic E-state index is 0.695. The highest BCUT2D eigenvalue weighted by atomic mass is 79.9. The zero-order valence-corrected chi connectivity index (χ0v) is 9.05. The van der Waals surface area contributed by atoms with Gasteiger partial charge in [0.15, 0.2) is 11.5 Å². The van der Waals surface area contributed by atoms with Gasteiger partial charge in [0, 0.05) is 28.5 Å². The normalized spacial score (nSPS) is 11.6. The fraction of sp³-hybridized carbons (Fsp3) is 0.100. The molecule has 0 saturated carbocycles. The van der Waals surface area contributed by atoms with Crippen LogP contribution in [0.1, 0.15) is 5.89 Å². The molecule has 3 rings (SSSR count). The van der Waals surface area contributed by atoms with Crippen LogP contribution in [0, 0.1) is 6.92 Å². The van der Waals surface area contributed by atoms with Crippen molar-refractivity contribution in [2.24, 2.45) is 0 Å². The summed E-state index contributed by atoms with van der Waals surface area (Å²) in [5.41, 5.74) is 2.81. The van der Waals surface area contributed by atoms with Gasteiger partial charge in [-0.25, -0.2) is 4.98 Å². The van der Waals surface area contributed by atoms with Crippen LogP contribution in [0.5, 0.6) is 0 Å². The molecular formula is C10H7BrN2O. The molecule has 0 amide bonds. The lowest BCUT2D eigenvalue weighted by Crippen LogP contribution is -1.72. The molecule has 0 bridgehead atoms. The molecule has 14 heavy (non-hydrogen) atoms. The van der Waals surface area contributed by atoms with Crippen LogP contribution >= 0.6 is 15.9 Å². The summed E-state index contributed by atoms with van der Waals surface area (Å²) in [6, 6.07) is 3.92. The Morgan fingerprint density at radius 2 is 2.29 bits per heavy atom. The van der Waals surface area contributed by atoms with Crippen LogP contribution in [-0.2, 0) is 0 Å². The number of aromatic nitrogens is 2. The lowest BCUT2D eigenvalue weighted by atomic mass is 10.2. The van der Waals surface area contributed by atoms with E-state index in [0.717, 1.165) is 26.5 Å². The Morgan fingerprint density at radius 3 is 3.14 bits per heavy atom. The zero-order valence-electron chi connectivity index (χ0n) is 7.47. The summed E-state index contributed by atoms with van der Waals surface area (Å²) in [7, 11) is 0. The van der Waals surface area contributed by atoms with E-state index in [0.29, 0.717) is 5.89 Å². The number of halogens is 1. The van der Waals surface area contributed by atoms with Gasteiger partial charge in [0.1, 0.15) is 5.52 Å². The minimum absolute atomic E-state index is 0.695. The maximum atomic E-state index is 5.45. The first-order valence-electron chi connectivity index (χ1n) is 4.28. The molecule has 0 saturated heterocycles. The molecule has 0 aliphatic carbocycles. The Morgan fingerprint density at radius 1 is 1.43 bits per heavy atom. The highest BCUT2D eigenvalue weighted by Gasteiger charge is 2.10. The van der Waals surface area contributed by atoms with E-state index in [2.05, 4.69) is 25.9 Å². The van der Waals surface area contributed by atoms with E-state index >= 15 is 0 Å². The third kappa shape index (κ3) is 0.944. The standard InChI is InChI=1S/C10H7BrN2O/c1-5-13-10-8(14-5)3-2-7-9(10)6(11)4-12-7/h2-4,12H,1H3. The molecule has 0 unspecified atom stereocenters. The molecule has 1 aromatic carbocycles. The van der Waals surface area contributed by atoms with Crippen LogP contribution in [-0.4, -0.2) is 9.97 Å². The van der Waals surface area contributed by atoms with Gasteiger partial charge in [0.2, 0.25) is 0 Å². The largest absolute Gasteiger partial charge is 0.441 e. The number of hydrogen-bond acceptors (Lipinski definition) is 2. The highest BCUT2D eigenvalue weighted by Crippen LogP contribution is 2.30. The summed E-state index contributed by atoms with van der Waals surface area (Å²) >= 11 is 3.48. The lowest BCUT2D eigenvalue weighted by molar-refractivity contribution is 0.561. The predicted octanol–water partition coefficient (Wildman–Crippen LogP) is 3.38. The molecule has 0 spiro atoms. The number of oxazole rings is 1. The van der Waals surface area contributed by atoms with Crippen molar-refractivity contribution in [3.63, 3.8) is 0 Å². The van der Waals surface area contributed by atoms with Gasteiger partial charge in [0.25, 0.3) is 0 Å². The first-order valence-corrected chi connectivity index (χ1v) is 5.08. The maximum Gasteiger partial charge on any atom is 0.192 e. The third-order valence-corrected chi connectivity index (χ3v) is 2.89. The van der Waals surface area contributed by atoms with E-state index < -0.39 is 0 Å². The molecule has 1 N–H and O–H groups in total. The number of nitrogens with zero attached hydrogens (tertiary/aromatic N) is 1. The quantitative estimate of drug-likeness (QED) is 0.665. The number of nitrogens with one attached hydrogen (secondary N) is 1. The SMILES string of the molecule is Cc1nc2c(ccc3[nH]cc(Br)c32)o1. The Balaban J connectivity index is 2.64. The van der Waals surface area contributed by atoms with Crippen molar-refractivity contribution in [1.29, 1.82) is 0 Å². The Bertz CT molecular complexity index is 623. The molecule has 0 fully saturated rings. The lowest BCUT2D eigenvalue weighted by Gasteiger charge is -1.90. The molecule has 0 radical (unpaired) electrons. The number of hydrogen-bond donors (Lipinski definition) is 1. The molecule has 2 heterocycles. The third-order valence-electron chi connectivity index (χ3n) is 2.26. The molecule has 3 aromatic rings. The van der Waals surface area contributed by atoms with Gasteiger partial charge >= 0.3 is 0 Å². The van der Waals surface area contributed by atoms with Gasteiger partial charge in [-0.2, -0.15) is 0 Å².